The molecule has 4 heterocycles. The number of alkyl carbamates (subject to hydrolysis) is 2. The van der Waals surface area contributed by atoms with Gasteiger partial charge in [-0.15, -0.1) is 0 Å². The van der Waals surface area contributed by atoms with Crippen LogP contribution in [0.2, 0.25) is 0 Å². The SMILES string of the molecule is CCOC(=O)[C@]12CC(=O)[C@@H]3C[C@@H](O)CN3C(=O)[C@@H](NC(=O)OC(C)(C)C)CC=CCCC(F)(F)C[C@@H]1C2.CCOC(=O)[C@]12CC(=O)[C@@H]3C[C@@H](O)CN3C(=O)[C@@H](NC(=O)OC(C)(C)C)CCCCCC(F)(F)C[C@@H]1C2.[HH]. The number of aliphatic hydroxyl groups excluding tert-OH is 2. The first kappa shape index (κ1) is 60.0. The Hall–Kier alpha value is -4.86. The van der Waals surface area contributed by atoms with Gasteiger partial charge in [0.15, 0.2) is 11.6 Å². The van der Waals surface area contributed by atoms with E-state index < -0.39 is 149 Å². The molecule has 4 N–H and O–H groups in total. The normalized spacial score (nSPS) is 32.7. The summed E-state index contributed by atoms with van der Waals surface area (Å²) in [5.41, 5.74) is -4.32. The van der Waals surface area contributed by atoms with Crippen molar-refractivity contribution in [2.45, 2.75) is 218 Å². The van der Waals surface area contributed by atoms with E-state index in [2.05, 4.69) is 10.6 Å². The average molecular weight is 1060 g/mol. The number of nitrogens with zero attached hydrogens (tertiary/aromatic N) is 2. The molecule has 3 saturated heterocycles. The second-order valence-corrected chi connectivity index (χ2v) is 23.0. The molecule has 10 atom stereocenters. The van der Waals surface area contributed by atoms with Gasteiger partial charge < -0.3 is 49.6 Å². The van der Waals surface area contributed by atoms with Crippen molar-refractivity contribution in [1.82, 2.24) is 20.4 Å². The first-order valence-electron chi connectivity index (χ1n) is 26.1. The van der Waals surface area contributed by atoms with Gasteiger partial charge in [-0.3, -0.25) is 28.8 Å². The lowest BCUT2D eigenvalue weighted by Gasteiger charge is -2.30. The van der Waals surface area contributed by atoms with E-state index in [1.54, 1.807) is 61.5 Å². The molecule has 5 fully saturated rings. The van der Waals surface area contributed by atoms with Crippen LogP contribution in [0.3, 0.4) is 0 Å². The molecule has 6 aliphatic rings. The fourth-order valence-corrected chi connectivity index (χ4v) is 10.8. The second kappa shape index (κ2) is 24.0. The topological polar surface area (TPSA) is 244 Å². The summed E-state index contributed by atoms with van der Waals surface area (Å²) in [4.78, 5) is 107. The molecule has 0 aromatic rings. The predicted octanol–water partition coefficient (Wildman–Crippen LogP) is 6.74. The van der Waals surface area contributed by atoms with E-state index in [1.165, 1.54) is 15.9 Å². The van der Waals surface area contributed by atoms with Crippen LogP contribution in [0, 0.1) is 22.7 Å². The number of hydrogen-bond donors (Lipinski definition) is 4. The van der Waals surface area contributed by atoms with Gasteiger partial charge in [-0.1, -0.05) is 25.0 Å². The number of alkyl halides is 4. The van der Waals surface area contributed by atoms with Crippen molar-refractivity contribution in [3.8, 4) is 0 Å². The maximum absolute atomic E-state index is 14.8. The van der Waals surface area contributed by atoms with Crippen LogP contribution in [0.15, 0.2) is 12.2 Å². The summed E-state index contributed by atoms with van der Waals surface area (Å²) in [5.74, 6) is -10.9. The van der Waals surface area contributed by atoms with Crippen LogP contribution in [0.5, 0.6) is 0 Å². The van der Waals surface area contributed by atoms with Gasteiger partial charge in [0.25, 0.3) is 0 Å². The molecule has 6 rings (SSSR count). The van der Waals surface area contributed by atoms with Crippen LogP contribution in [0.1, 0.15) is 160 Å². The molecule has 4 amide bonds. The Balaban J connectivity index is 0.000000320. The van der Waals surface area contributed by atoms with Gasteiger partial charge in [0.05, 0.1) is 48.3 Å². The third kappa shape index (κ3) is 16.1. The molecule has 2 aliphatic carbocycles. The van der Waals surface area contributed by atoms with Crippen molar-refractivity contribution in [3.05, 3.63) is 12.2 Å². The van der Waals surface area contributed by atoms with Gasteiger partial charge in [-0.25, -0.2) is 27.2 Å². The van der Waals surface area contributed by atoms with E-state index in [1.807, 2.05) is 0 Å². The third-order valence-electron chi connectivity index (χ3n) is 14.5. The number of amides is 4. The standard InChI is InChI=1S/C26H40F2N2O7.C26H38F2N2O7.H2/c2*1-5-36-22(34)25-12-16(25)13-26(27,28)10-8-6-7-9-18(29-23(35)37-24(2,3)4)21(33)30-15-17(31)11-19(30)20(32)14-25;/h16-19,31H,5-15H2,1-4H3,(H,29,35);6-7,16-19,31H,5,8-15H2,1-4H3,(H,29,35);1H/t2*16-,17+,18-,19-,25+;/m00./s1. The molecule has 0 radical (unpaired) electrons. The van der Waals surface area contributed by atoms with Gasteiger partial charge in [-0.05, 0) is 106 Å². The quantitative estimate of drug-likeness (QED) is 0.0932. The molecule has 420 valence electrons. The number of carbonyl (C=O) groups excluding carboxylic acids is 8. The van der Waals surface area contributed by atoms with Crippen LogP contribution >= 0.6 is 0 Å². The number of esters is 2. The van der Waals surface area contributed by atoms with Crippen LogP contribution in [0.25, 0.3) is 0 Å². The lowest BCUT2D eigenvalue weighted by atomic mass is 9.90. The van der Waals surface area contributed by atoms with Crippen LogP contribution in [0.4, 0.5) is 27.2 Å². The van der Waals surface area contributed by atoms with Gasteiger partial charge in [-0.2, -0.15) is 0 Å². The van der Waals surface area contributed by atoms with Crippen molar-refractivity contribution in [2.24, 2.45) is 22.7 Å². The number of nitrogens with one attached hydrogen (secondary N) is 2. The molecular formula is C52H80F4N4O14. The Labute approximate surface area is 432 Å². The second-order valence-electron chi connectivity index (χ2n) is 23.0. The number of allylic oxidation sites excluding steroid dienone is 1. The first-order valence-corrected chi connectivity index (χ1v) is 26.1. The zero-order valence-corrected chi connectivity index (χ0v) is 44.1. The summed E-state index contributed by atoms with van der Waals surface area (Å²) in [5, 5.41) is 25.7. The smallest absolute Gasteiger partial charge is 0.408 e. The maximum Gasteiger partial charge on any atom is 0.408 e. The molecular weight excluding hydrogens is 981 g/mol. The lowest BCUT2D eigenvalue weighted by Crippen LogP contribution is -2.52. The molecule has 0 aromatic carbocycles. The highest BCUT2D eigenvalue weighted by Gasteiger charge is 2.66. The van der Waals surface area contributed by atoms with E-state index in [0.29, 0.717) is 12.8 Å². The molecule has 4 aliphatic heterocycles. The zero-order chi connectivity index (χ0) is 55.2. The van der Waals surface area contributed by atoms with E-state index in [0.717, 1.165) is 0 Å². The third-order valence-corrected chi connectivity index (χ3v) is 14.5. The Morgan fingerprint density at radius 1 is 0.649 bits per heavy atom. The molecule has 22 heteroatoms. The number of hydrogen-bond acceptors (Lipinski definition) is 14. The lowest BCUT2D eigenvalue weighted by molar-refractivity contribution is -0.154. The maximum atomic E-state index is 14.8. The summed E-state index contributed by atoms with van der Waals surface area (Å²) < 4.78 is 79.9. The Morgan fingerprint density at radius 2 is 1.08 bits per heavy atom. The summed E-state index contributed by atoms with van der Waals surface area (Å²) in [7, 11) is 0. The Bertz CT molecular complexity index is 2120. The molecule has 74 heavy (non-hydrogen) atoms. The van der Waals surface area contributed by atoms with Gasteiger partial charge in [0, 0.05) is 65.9 Å². The number of ketones is 2. The van der Waals surface area contributed by atoms with Gasteiger partial charge in [0.2, 0.25) is 23.7 Å². The summed E-state index contributed by atoms with van der Waals surface area (Å²) in [6.45, 7) is 13.1. The predicted molar refractivity (Wildman–Crippen MR) is 259 cm³/mol. The van der Waals surface area contributed by atoms with E-state index in [-0.39, 0.29) is 98.4 Å². The van der Waals surface area contributed by atoms with Crippen molar-refractivity contribution >= 4 is 47.5 Å². The van der Waals surface area contributed by atoms with Crippen LogP contribution in [-0.4, -0.2) is 153 Å². The van der Waals surface area contributed by atoms with Crippen molar-refractivity contribution < 1.29 is 86.5 Å². The van der Waals surface area contributed by atoms with E-state index >= 15 is 0 Å². The van der Waals surface area contributed by atoms with Crippen molar-refractivity contribution in [2.75, 3.05) is 26.3 Å². The number of carbonyl (C=O) groups is 8. The largest absolute Gasteiger partial charge is 0.466 e. The Morgan fingerprint density at radius 3 is 1.53 bits per heavy atom. The molecule has 0 unspecified atom stereocenters. The van der Waals surface area contributed by atoms with E-state index in [9.17, 15) is 66.1 Å². The number of aliphatic hydroxyl groups is 2. The van der Waals surface area contributed by atoms with Gasteiger partial charge in [0.1, 0.15) is 23.3 Å². The first-order chi connectivity index (χ1) is 34.3. The van der Waals surface area contributed by atoms with Crippen LogP contribution < -0.4 is 10.6 Å². The average Bonchev–Trinajstić information content (AvgIpc) is 4.01. The number of ether oxygens (including phenoxy) is 4. The van der Waals surface area contributed by atoms with Gasteiger partial charge >= 0.3 is 24.1 Å². The van der Waals surface area contributed by atoms with Crippen molar-refractivity contribution in [3.63, 3.8) is 0 Å². The highest BCUT2D eigenvalue weighted by Crippen LogP contribution is 2.62. The highest BCUT2D eigenvalue weighted by atomic mass is 19.3. The molecule has 18 nitrogen and oxygen atoms in total. The fraction of sp³-hybridized carbons (Fsp3) is 0.808. The summed E-state index contributed by atoms with van der Waals surface area (Å²) in [6, 6.07) is -4.25. The number of fused-ring (bicyclic) bond motifs is 4. The molecule has 0 bridgehead atoms. The minimum absolute atomic E-state index is 0. The number of halogens is 4. The van der Waals surface area contributed by atoms with Crippen LogP contribution in [-0.2, 0) is 47.7 Å². The zero-order valence-electron chi connectivity index (χ0n) is 44.1. The fourth-order valence-electron chi connectivity index (χ4n) is 10.8. The monoisotopic (exact) mass is 1060 g/mol. The highest BCUT2D eigenvalue weighted by molar-refractivity contribution is 5.97. The summed E-state index contributed by atoms with van der Waals surface area (Å²) >= 11 is 0. The minimum Gasteiger partial charge on any atom is -0.466 e. The van der Waals surface area contributed by atoms with E-state index in [4.69, 9.17) is 18.9 Å². The number of Topliss-reactive ketones (excluding diaryl/α,β-unsaturated/α-hetero) is 2. The summed E-state index contributed by atoms with van der Waals surface area (Å²) in [6.07, 6.45) is -1.68. The van der Waals surface area contributed by atoms with Crippen molar-refractivity contribution in [1.29, 1.82) is 0 Å². The molecule has 0 aromatic heterocycles. The Kier molecular flexibility index (Phi) is 19.5. The molecule has 2 saturated carbocycles. The minimum atomic E-state index is -3.05. The molecule has 0 spiro atoms. The number of rotatable bonds is 6.